The van der Waals surface area contributed by atoms with Crippen LogP contribution in [-0.2, 0) is 9.53 Å². The topological polar surface area (TPSA) is 75.6 Å². The summed E-state index contributed by atoms with van der Waals surface area (Å²) in [6.45, 7) is 7.06. The van der Waals surface area contributed by atoms with Crippen molar-refractivity contribution in [2.45, 2.75) is 52.2 Å². The highest BCUT2D eigenvalue weighted by Crippen LogP contribution is 2.07. The molecule has 1 unspecified atom stereocenters. The van der Waals surface area contributed by atoms with Crippen LogP contribution in [0.2, 0.25) is 0 Å². The minimum Gasteiger partial charge on any atom is -0.481 e. The molecule has 0 heterocycles. The Balaban J connectivity index is 3.81. The third-order valence-electron chi connectivity index (χ3n) is 1.55. The highest BCUT2D eigenvalue weighted by molar-refractivity contribution is 5.69. The summed E-state index contributed by atoms with van der Waals surface area (Å²) in [5, 5.41) is 11.0. The van der Waals surface area contributed by atoms with E-state index < -0.39 is 17.7 Å². The lowest BCUT2D eigenvalue weighted by molar-refractivity contribution is -0.137. The molecule has 15 heavy (non-hydrogen) atoms. The maximum atomic E-state index is 11.2. The zero-order valence-electron chi connectivity index (χ0n) is 9.66. The Labute approximate surface area is 89.8 Å². The molecule has 0 saturated carbocycles. The molecule has 2 N–H and O–H groups in total. The number of hydrogen-bond donors (Lipinski definition) is 2. The molecule has 5 heteroatoms. The van der Waals surface area contributed by atoms with Crippen molar-refractivity contribution in [2.24, 2.45) is 0 Å². The Kier molecular flexibility index (Phi) is 5.11. The van der Waals surface area contributed by atoms with Gasteiger partial charge in [-0.05, 0) is 34.1 Å². The van der Waals surface area contributed by atoms with Gasteiger partial charge in [-0.2, -0.15) is 0 Å². The first-order valence-electron chi connectivity index (χ1n) is 4.92. The minimum atomic E-state index is -0.868. The summed E-state index contributed by atoms with van der Waals surface area (Å²) in [7, 11) is 0. The molecule has 0 spiro atoms. The van der Waals surface area contributed by atoms with E-state index in [2.05, 4.69) is 5.32 Å². The van der Waals surface area contributed by atoms with Gasteiger partial charge in [0.25, 0.3) is 0 Å². The predicted octanol–water partition coefficient (Wildman–Crippen LogP) is 1.76. The van der Waals surface area contributed by atoms with Crippen molar-refractivity contribution in [3.05, 3.63) is 0 Å². The number of carbonyl (C=O) groups is 2. The van der Waals surface area contributed by atoms with Crippen molar-refractivity contribution in [3.63, 3.8) is 0 Å². The number of alkyl carbamates (subject to hydrolysis) is 1. The fourth-order valence-corrected chi connectivity index (χ4v) is 0.921. The third kappa shape index (κ3) is 9.05. The molecule has 88 valence electrons. The van der Waals surface area contributed by atoms with Crippen LogP contribution in [0.15, 0.2) is 0 Å². The average Bonchev–Trinajstić information content (AvgIpc) is 1.96. The van der Waals surface area contributed by atoms with Gasteiger partial charge in [-0.15, -0.1) is 0 Å². The van der Waals surface area contributed by atoms with Crippen molar-refractivity contribution < 1.29 is 19.4 Å². The standard InChI is InChI=1S/C10H19NO4/c1-7(5-6-8(12)13)11-9(14)15-10(2,3)4/h7H,5-6H2,1-4H3,(H,11,14)(H,12,13). The number of carbonyl (C=O) groups excluding carboxylic acids is 1. The van der Waals surface area contributed by atoms with Crippen LogP contribution < -0.4 is 5.32 Å². The lowest BCUT2D eigenvalue weighted by Crippen LogP contribution is -2.37. The van der Waals surface area contributed by atoms with Gasteiger partial charge in [0, 0.05) is 12.5 Å². The van der Waals surface area contributed by atoms with E-state index in [0.29, 0.717) is 6.42 Å². The molecule has 0 saturated heterocycles. The van der Waals surface area contributed by atoms with Crippen molar-refractivity contribution >= 4 is 12.1 Å². The quantitative estimate of drug-likeness (QED) is 0.752. The normalized spacial score (nSPS) is 13.1. The molecule has 0 aliphatic rings. The number of aliphatic carboxylic acids is 1. The van der Waals surface area contributed by atoms with Gasteiger partial charge in [-0.3, -0.25) is 4.79 Å². The zero-order chi connectivity index (χ0) is 12.1. The summed E-state index contributed by atoms with van der Waals surface area (Å²) < 4.78 is 5.02. The maximum absolute atomic E-state index is 11.2. The summed E-state index contributed by atoms with van der Waals surface area (Å²) in [6.07, 6.45) is -0.0775. The summed E-state index contributed by atoms with van der Waals surface area (Å²) >= 11 is 0. The fourth-order valence-electron chi connectivity index (χ4n) is 0.921. The number of rotatable bonds is 4. The molecule has 1 atom stereocenters. The molecule has 0 radical (unpaired) electrons. The molecule has 0 aromatic carbocycles. The second-order valence-corrected chi connectivity index (χ2v) is 4.48. The van der Waals surface area contributed by atoms with E-state index in [0.717, 1.165) is 0 Å². The molecular weight excluding hydrogens is 198 g/mol. The van der Waals surface area contributed by atoms with E-state index in [1.165, 1.54) is 0 Å². The van der Waals surface area contributed by atoms with Crippen LogP contribution in [0, 0.1) is 0 Å². The predicted molar refractivity (Wildman–Crippen MR) is 55.7 cm³/mol. The summed E-state index contributed by atoms with van der Waals surface area (Å²) in [6, 6.07) is -0.198. The van der Waals surface area contributed by atoms with Crippen LogP contribution in [0.25, 0.3) is 0 Å². The largest absolute Gasteiger partial charge is 0.481 e. The van der Waals surface area contributed by atoms with Gasteiger partial charge in [0.15, 0.2) is 0 Å². The number of ether oxygens (including phenoxy) is 1. The van der Waals surface area contributed by atoms with Gasteiger partial charge in [0.2, 0.25) is 0 Å². The molecule has 0 aromatic rings. The number of amides is 1. The lowest BCUT2D eigenvalue weighted by Gasteiger charge is -2.21. The van der Waals surface area contributed by atoms with Crippen molar-refractivity contribution in [1.82, 2.24) is 5.32 Å². The van der Waals surface area contributed by atoms with Gasteiger partial charge in [-0.1, -0.05) is 0 Å². The van der Waals surface area contributed by atoms with Crippen LogP contribution in [-0.4, -0.2) is 28.8 Å². The third-order valence-corrected chi connectivity index (χ3v) is 1.55. The SMILES string of the molecule is CC(CCC(=O)O)NC(=O)OC(C)(C)C. The molecular formula is C10H19NO4. The Bertz CT molecular complexity index is 232. The fraction of sp³-hybridized carbons (Fsp3) is 0.800. The smallest absolute Gasteiger partial charge is 0.407 e. The second-order valence-electron chi connectivity index (χ2n) is 4.48. The average molecular weight is 217 g/mol. The van der Waals surface area contributed by atoms with E-state index in [1.807, 2.05) is 0 Å². The number of carboxylic acid groups (broad SMARTS) is 1. The Morgan fingerprint density at radius 2 is 1.93 bits per heavy atom. The van der Waals surface area contributed by atoms with Crippen LogP contribution in [0.4, 0.5) is 4.79 Å². The van der Waals surface area contributed by atoms with E-state index in [1.54, 1.807) is 27.7 Å². The minimum absolute atomic E-state index is 0.0387. The molecule has 0 bridgehead atoms. The highest BCUT2D eigenvalue weighted by atomic mass is 16.6. The summed E-state index contributed by atoms with van der Waals surface area (Å²) in [5.41, 5.74) is -0.531. The first kappa shape index (κ1) is 13.7. The number of carboxylic acids is 1. The van der Waals surface area contributed by atoms with E-state index in [4.69, 9.17) is 9.84 Å². The van der Waals surface area contributed by atoms with Crippen molar-refractivity contribution in [1.29, 1.82) is 0 Å². The van der Waals surface area contributed by atoms with Gasteiger partial charge >= 0.3 is 12.1 Å². The molecule has 0 rings (SSSR count). The van der Waals surface area contributed by atoms with Crippen molar-refractivity contribution in [2.75, 3.05) is 0 Å². The molecule has 0 aromatic heterocycles. The van der Waals surface area contributed by atoms with Crippen LogP contribution >= 0.6 is 0 Å². The van der Waals surface area contributed by atoms with Gasteiger partial charge < -0.3 is 15.2 Å². The molecule has 0 aliphatic carbocycles. The first-order chi connectivity index (χ1) is 6.70. The Morgan fingerprint density at radius 1 is 1.40 bits per heavy atom. The van der Waals surface area contributed by atoms with E-state index in [9.17, 15) is 9.59 Å². The summed E-state index contributed by atoms with van der Waals surface area (Å²) in [4.78, 5) is 21.5. The van der Waals surface area contributed by atoms with Gasteiger partial charge in [0.1, 0.15) is 5.60 Å². The van der Waals surface area contributed by atoms with Crippen LogP contribution in [0.1, 0.15) is 40.5 Å². The van der Waals surface area contributed by atoms with E-state index >= 15 is 0 Å². The van der Waals surface area contributed by atoms with Crippen LogP contribution in [0.3, 0.4) is 0 Å². The molecule has 5 nitrogen and oxygen atoms in total. The van der Waals surface area contributed by atoms with E-state index in [-0.39, 0.29) is 12.5 Å². The van der Waals surface area contributed by atoms with Gasteiger partial charge in [0.05, 0.1) is 0 Å². The zero-order valence-corrected chi connectivity index (χ0v) is 9.66. The second kappa shape index (κ2) is 5.58. The Hall–Kier alpha value is -1.26. The monoisotopic (exact) mass is 217 g/mol. The van der Waals surface area contributed by atoms with Crippen molar-refractivity contribution in [3.8, 4) is 0 Å². The number of nitrogens with one attached hydrogen (secondary N) is 1. The Morgan fingerprint density at radius 3 is 2.33 bits per heavy atom. The summed E-state index contributed by atoms with van der Waals surface area (Å²) in [5.74, 6) is -0.868. The number of hydrogen-bond acceptors (Lipinski definition) is 3. The first-order valence-corrected chi connectivity index (χ1v) is 4.92. The molecule has 1 amide bonds. The van der Waals surface area contributed by atoms with Crippen LogP contribution in [0.5, 0.6) is 0 Å². The maximum Gasteiger partial charge on any atom is 0.407 e. The van der Waals surface area contributed by atoms with Gasteiger partial charge in [-0.25, -0.2) is 4.79 Å². The lowest BCUT2D eigenvalue weighted by atomic mass is 10.2. The highest BCUT2D eigenvalue weighted by Gasteiger charge is 2.17. The molecule has 0 aliphatic heterocycles. The molecule has 0 fully saturated rings.